The van der Waals surface area contributed by atoms with Gasteiger partial charge in [-0.2, -0.15) is 0 Å². The number of hydrogen-bond acceptors (Lipinski definition) is 7. The Balaban J connectivity index is 1.97. The van der Waals surface area contributed by atoms with Crippen molar-refractivity contribution in [3.05, 3.63) is 41.6 Å². The maximum atomic E-state index is 12.9. The fourth-order valence-corrected chi connectivity index (χ4v) is 4.26. The van der Waals surface area contributed by atoms with Gasteiger partial charge >= 0.3 is 0 Å². The van der Waals surface area contributed by atoms with Gasteiger partial charge in [0, 0.05) is 16.5 Å². The number of Topliss-reactive ketones (excluding diaryl/α,β-unsaturated/α-hetero) is 1. The van der Waals surface area contributed by atoms with Gasteiger partial charge in [-0.15, -0.1) is 11.3 Å². The van der Waals surface area contributed by atoms with E-state index < -0.39 is 5.41 Å². The SMILES string of the molecule is COc1cnc2c(-c3nc4c(C(=O)C(C)(C)C)cc(O)cc4s3)cc(C)cc2n1. The van der Waals surface area contributed by atoms with Crippen LogP contribution in [-0.4, -0.2) is 33.0 Å². The number of ether oxygens (including phenoxy) is 1. The summed E-state index contributed by atoms with van der Waals surface area (Å²) < 4.78 is 5.94. The minimum Gasteiger partial charge on any atom is -0.508 e. The summed E-state index contributed by atoms with van der Waals surface area (Å²) in [6.45, 7) is 7.55. The van der Waals surface area contributed by atoms with E-state index in [4.69, 9.17) is 9.72 Å². The number of aromatic hydroxyl groups is 1. The molecule has 0 aliphatic heterocycles. The van der Waals surface area contributed by atoms with E-state index in [1.54, 1.807) is 19.4 Å². The zero-order chi connectivity index (χ0) is 20.9. The van der Waals surface area contributed by atoms with Crippen LogP contribution in [0.1, 0.15) is 36.7 Å². The van der Waals surface area contributed by atoms with Gasteiger partial charge in [0.15, 0.2) is 5.78 Å². The maximum absolute atomic E-state index is 12.9. The Kier molecular flexibility index (Phi) is 4.50. The van der Waals surface area contributed by atoms with Crippen molar-refractivity contribution in [1.29, 1.82) is 0 Å². The highest BCUT2D eigenvalue weighted by Crippen LogP contribution is 2.38. The van der Waals surface area contributed by atoms with Gasteiger partial charge in [0.2, 0.25) is 5.88 Å². The molecular weight excluding hydrogens is 386 g/mol. The second kappa shape index (κ2) is 6.77. The molecule has 0 aliphatic rings. The lowest BCUT2D eigenvalue weighted by molar-refractivity contribution is 0.0859. The van der Waals surface area contributed by atoms with Crippen molar-refractivity contribution in [1.82, 2.24) is 15.0 Å². The quantitative estimate of drug-likeness (QED) is 0.472. The van der Waals surface area contributed by atoms with E-state index in [9.17, 15) is 9.90 Å². The summed E-state index contributed by atoms with van der Waals surface area (Å²) in [4.78, 5) is 26.7. The van der Waals surface area contributed by atoms with Gasteiger partial charge < -0.3 is 9.84 Å². The summed E-state index contributed by atoms with van der Waals surface area (Å²) >= 11 is 1.42. The van der Waals surface area contributed by atoms with Crippen LogP contribution in [0.2, 0.25) is 0 Å². The van der Waals surface area contributed by atoms with Crippen LogP contribution in [0.25, 0.3) is 31.8 Å². The molecule has 6 nitrogen and oxygen atoms in total. The second-order valence-electron chi connectivity index (χ2n) is 8.03. The van der Waals surface area contributed by atoms with Crippen LogP contribution < -0.4 is 4.74 Å². The van der Waals surface area contributed by atoms with E-state index in [2.05, 4.69) is 9.97 Å². The lowest BCUT2D eigenvalue weighted by Crippen LogP contribution is -2.20. The van der Waals surface area contributed by atoms with Crippen LogP contribution >= 0.6 is 11.3 Å². The number of hydrogen-bond donors (Lipinski definition) is 1. The molecule has 0 saturated carbocycles. The molecule has 4 aromatic rings. The van der Waals surface area contributed by atoms with E-state index >= 15 is 0 Å². The summed E-state index contributed by atoms with van der Waals surface area (Å²) in [7, 11) is 1.56. The molecule has 2 aromatic heterocycles. The Morgan fingerprint density at radius 3 is 2.55 bits per heavy atom. The van der Waals surface area contributed by atoms with Gasteiger partial charge in [-0.05, 0) is 36.8 Å². The van der Waals surface area contributed by atoms with Gasteiger partial charge in [-0.25, -0.2) is 15.0 Å². The van der Waals surface area contributed by atoms with Crippen molar-refractivity contribution in [2.75, 3.05) is 7.11 Å². The van der Waals surface area contributed by atoms with Crippen LogP contribution in [-0.2, 0) is 0 Å². The van der Waals surface area contributed by atoms with Crippen molar-refractivity contribution in [3.63, 3.8) is 0 Å². The van der Waals surface area contributed by atoms with E-state index in [1.807, 2.05) is 39.8 Å². The average molecular weight is 407 g/mol. The highest BCUT2D eigenvalue weighted by atomic mass is 32.1. The number of phenolic OH excluding ortho intramolecular Hbond substituents is 1. The first-order valence-corrected chi connectivity index (χ1v) is 9.99. The predicted octanol–water partition coefficient (Wildman–Crippen LogP) is 5.16. The van der Waals surface area contributed by atoms with Gasteiger partial charge in [0.1, 0.15) is 10.8 Å². The average Bonchev–Trinajstić information content (AvgIpc) is 3.08. The Hall–Kier alpha value is -3.06. The first kappa shape index (κ1) is 19.3. The Labute approximate surface area is 172 Å². The summed E-state index contributed by atoms with van der Waals surface area (Å²) in [5.41, 5.74) is 3.73. The topological polar surface area (TPSA) is 85.2 Å². The summed E-state index contributed by atoms with van der Waals surface area (Å²) in [5.74, 6) is 0.439. The number of nitrogens with zero attached hydrogens (tertiary/aromatic N) is 3. The third-order valence-corrected chi connectivity index (χ3v) is 5.65. The zero-order valence-corrected chi connectivity index (χ0v) is 17.7. The standard InChI is InChI=1S/C22H21N3O3S/c1-11-6-14(18-15(7-11)24-17(28-5)10-23-18)21-25-19-13(20(27)22(2,3)4)8-12(26)9-16(19)29-21/h6-10,26H,1-5H3. The van der Waals surface area contributed by atoms with Crippen LogP contribution in [0, 0.1) is 12.3 Å². The second-order valence-corrected chi connectivity index (χ2v) is 9.06. The molecule has 4 rings (SSSR count). The van der Waals surface area contributed by atoms with Crippen LogP contribution in [0.15, 0.2) is 30.5 Å². The normalized spacial score (nSPS) is 11.9. The highest BCUT2D eigenvalue weighted by molar-refractivity contribution is 7.21. The van der Waals surface area contributed by atoms with Crippen molar-refractivity contribution < 1.29 is 14.6 Å². The van der Waals surface area contributed by atoms with Crippen molar-refractivity contribution in [3.8, 4) is 22.2 Å². The number of aryl methyl sites for hydroxylation is 1. The van der Waals surface area contributed by atoms with E-state index in [0.29, 0.717) is 28.0 Å². The van der Waals surface area contributed by atoms with Crippen LogP contribution in [0.3, 0.4) is 0 Å². The molecular formula is C22H21N3O3S. The van der Waals surface area contributed by atoms with Crippen LogP contribution in [0.5, 0.6) is 11.6 Å². The number of methoxy groups -OCH3 is 1. The number of phenols is 1. The Morgan fingerprint density at radius 1 is 1.10 bits per heavy atom. The van der Waals surface area contributed by atoms with Crippen molar-refractivity contribution in [2.24, 2.45) is 5.41 Å². The van der Waals surface area contributed by atoms with Crippen molar-refractivity contribution in [2.45, 2.75) is 27.7 Å². The molecule has 0 unspecified atom stereocenters. The molecule has 0 saturated heterocycles. The van der Waals surface area contributed by atoms with Gasteiger partial charge in [0.05, 0.1) is 34.6 Å². The van der Waals surface area contributed by atoms with Crippen LogP contribution in [0.4, 0.5) is 0 Å². The molecule has 148 valence electrons. The number of thiazole rings is 1. The molecule has 0 bridgehead atoms. The molecule has 0 radical (unpaired) electrons. The fourth-order valence-electron chi connectivity index (χ4n) is 3.22. The lowest BCUT2D eigenvalue weighted by atomic mass is 9.86. The van der Waals surface area contributed by atoms with E-state index in [1.165, 1.54) is 17.4 Å². The highest BCUT2D eigenvalue weighted by Gasteiger charge is 2.27. The molecule has 7 heteroatoms. The molecule has 0 spiro atoms. The number of fused-ring (bicyclic) bond motifs is 2. The number of carbonyl (C=O) groups excluding carboxylic acids is 1. The summed E-state index contributed by atoms with van der Waals surface area (Å²) in [6.07, 6.45) is 1.58. The summed E-state index contributed by atoms with van der Waals surface area (Å²) in [6, 6.07) is 7.09. The lowest BCUT2D eigenvalue weighted by Gasteiger charge is -2.16. The number of ketones is 1. The minimum absolute atomic E-state index is 0.0546. The fraction of sp³-hybridized carbons (Fsp3) is 0.273. The molecule has 0 aliphatic carbocycles. The van der Waals surface area contributed by atoms with E-state index in [-0.39, 0.29) is 11.5 Å². The first-order chi connectivity index (χ1) is 13.7. The van der Waals surface area contributed by atoms with Gasteiger partial charge in [-0.1, -0.05) is 20.8 Å². The third-order valence-electron chi connectivity index (χ3n) is 4.61. The monoisotopic (exact) mass is 407 g/mol. The van der Waals surface area contributed by atoms with E-state index in [0.717, 1.165) is 20.8 Å². The largest absolute Gasteiger partial charge is 0.508 e. The summed E-state index contributed by atoms with van der Waals surface area (Å²) in [5, 5.41) is 10.9. The predicted molar refractivity (Wildman–Crippen MR) is 115 cm³/mol. The Morgan fingerprint density at radius 2 is 1.86 bits per heavy atom. The maximum Gasteiger partial charge on any atom is 0.232 e. The molecule has 0 atom stereocenters. The van der Waals surface area contributed by atoms with Gasteiger partial charge in [-0.3, -0.25) is 4.79 Å². The van der Waals surface area contributed by atoms with Crippen molar-refractivity contribution >= 4 is 38.4 Å². The first-order valence-electron chi connectivity index (χ1n) is 9.17. The molecule has 29 heavy (non-hydrogen) atoms. The Bertz CT molecular complexity index is 1270. The molecule has 0 fully saturated rings. The van der Waals surface area contributed by atoms with Gasteiger partial charge in [0.25, 0.3) is 0 Å². The minimum atomic E-state index is -0.581. The molecule has 2 heterocycles. The molecule has 2 aromatic carbocycles. The number of aromatic nitrogens is 3. The number of benzene rings is 2. The number of carbonyl (C=O) groups is 1. The number of rotatable bonds is 3. The molecule has 0 amide bonds. The third kappa shape index (κ3) is 3.42. The zero-order valence-electron chi connectivity index (χ0n) is 16.9. The molecule has 1 N–H and O–H groups in total. The smallest absolute Gasteiger partial charge is 0.232 e.